The van der Waals surface area contributed by atoms with Gasteiger partial charge >= 0.3 is 0 Å². The Morgan fingerprint density at radius 1 is 1.38 bits per heavy atom. The normalized spacial score (nSPS) is 11.0. The summed E-state index contributed by atoms with van der Waals surface area (Å²) < 4.78 is 9.15. The number of furan rings is 1. The second kappa shape index (κ2) is 6.92. The predicted molar refractivity (Wildman–Crippen MR) is 88.7 cm³/mol. The van der Waals surface area contributed by atoms with Crippen molar-refractivity contribution in [2.45, 2.75) is 26.6 Å². The minimum Gasteiger partial charge on any atom is -0.454 e. The Labute approximate surface area is 144 Å². The smallest absolute Gasteiger partial charge is 0.289 e. The fourth-order valence-corrected chi connectivity index (χ4v) is 2.63. The zero-order valence-electron chi connectivity index (χ0n) is 13.5. The number of nitrogens with zero attached hydrogens (tertiary/aromatic N) is 5. The molecule has 0 atom stereocenters. The van der Waals surface area contributed by atoms with Crippen LogP contribution in [0.15, 0.2) is 41.2 Å². The van der Waals surface area contributed by atoms with Crippen LogP contribution in [0.4, 0.5) is 0 Å². The highest BCUT2D eigenvalue weighted by molar-refractivity contribution is 6.31. The summed E-state index contributed by atoms with van der Waals surface area (Å²) in [6, 6.07) is 5.30. The van der Waals surface area contributed by atoms with Gasteiger partial charge in [-0.25, -0.2) is 0 Å². The van der Waals surface area contributed by atoms with Crippen molar-refractivity contribution in [2.75, 3.05) is 7.05 Å². The van der Waals surface area contributed by atoms with E-state index in [9.17, 15) is 4.79 Å². The van der Waals surface area contributed by atoms with Crippen LogP contribution in [-0.4, -0.2) is 37.4 Å². The third kappa shape index (κ3) is 3.35. The Morgan fingerprint density at radius 2 is 2.21 bits per heavy atom. The van der Waals surface area contributed by atoms with Crippen LogP contribution in [0.25, 0.3) is 0 Å². The summed E-state index contributed by atoms with van der Waals surface area (Å²) in [5.74, 6) is 0.757. The van der Waals surface area contributed by atoms with E-state index in [-0.39, 0.29) is 5.91 Å². The monoisotopic (exact) mass is 347 g/mol. The van der Waals surface area contributed by atoms with Gasteiger partial charge in [-0.15, -0.1) is 0 Å². The zero-order valence-corrected chi connectivity index (χ0v) is 14.3. The van der Waals surface area contributed by atoms with Gasteiger partial charge in [-0.3, -0.25) is 14.2 Å². The summed E-state index contributed by atoms with van der Waals surface area (Å²) in [4.78, 5) is 14.1. The first kappa shape index (κ1) is 16.3. The number of aryl methyl sites for hydroxylation is 1. The zero-order chi connectivity index (χ0) is 17.1. The van der Waals surface area contributed by atoms with Crippen molar-refractivity contribution in [1.82, 2.24) is 24.5 Å². The van der Waals surface area contributed by atoms with E-state index >= 15 is 0 Å². The van der Waals surface area contributed by atoms with Gasteiger partial charge in [-0.1, -0.05) is 11.6 Å². The first-order valence-corrected chi connectivity index (χ1v) is 7.98. The molecule has 8 heteroatoms. The molecule has 3 rings (SSSR count). The number of carbonyl (C=O) groups excluding carboxylic acids is 1. The summed E-state index contributed by atoms with van der Waals surface area (Å²) in [6.07, 6.45) is 5.13. The molecule has 24 heavy (non-hydrogen) atoms. The van der Waals surface area contributed by atoms with Gasteiger partial charge in [0.25, 0.3) is 5.91 Å². The maximum Gasteiger partial charge on any atom is 0.289 e. The number of amides is 1. The van der Waals surface area contributed by atoms with E-state index in [2.05, 4.69) is 10.2 Å². The number of carbonyl (C=O) groups is 1. The lowest BCUT2D eigenvalue weighted by Crippen LogP contribution is -2.27. The van der Waals surface area contributed by atoms with Crippen LogP contribution in [0.3, 0.4) is 0 Å². The van der Waals surface area contributed by atoms with Gasteiger partial charge in [0.05, 0.1) is 30.0 Å². The molecule has 126 valence electrons. The average Bonchev–Trinajstić information content (AvgIpc) is 3.30. The molecule has 7 nitrogen and oxygen atoms in total. The standard InChI is InChI=1S/C16H18ClN5O2/c1-3-22-14(13(17)9-19-22)11-20(2)16(23)15-6-5-12(24-15)10-21-8-4-7-18-21/h4-9H,3,10-11H2,1-2H3. The van der Waals surface area contributed by atoms with Crippen LogP contribution in [0.2, 0.25) is 5.02 Å². The average molecular weight is 348 g/mol. The summed E-state index contributed by atoms with van der Waals surface area (Å²) >= 11 is 6.15. The molecule has 0 N–H and O–H groups in total. The molecule has 3 aromatic rings. The highest BCUT2D eigenvalue weighted by atomic mass is 35.5. The first-order valence-electron chi connectivity index (χ1n) is 7.60. The number of halogens is 1. The highest BCUT2D eigenvalue weighted by Crippen LogP contribution is 2.18. The minimum atomic E-state index is -0.207. The lowest BCUT2D eigenvalue weighted by atomic mass is 10.3. The number of hydrogen-bond acceptors (Lipinski definition) is 4. The molecule has 0 aromatic carbocycles. The Balaban J connectivity index is 1.69. The van der Waals surface area contributed by atoms with Crippen LogP contribution in [0.5, 0.6) is 0 Å². The van der Waals surface area contributed by atoms with E-state index in [0.717, 1.165) is 5.69 Å². The van der Waals surface area contributed by atoms with Crippen molar-refractivity contribution in [3.8, 4) is 0 Å². The molecule has 0 spiro atoms. The van der Waals surface area contributed by atoms with Crippen LogP contribution in [-0.2, 0) is 19.6 Å². The molecule has 3 aromatic heterocycles. The molecule has 0 aliphatic heterocycles. The second-order valence-electron chi connectivity index (χ2n) is 5.39. The third-order valence-electron chi connectivity index (χ3n) is 3.68. The van der Waals surface area contributed by atoms with Crippen molar-refractivity contribution in [1.29, 1.82) is 0 Å². The van der Waals surface area contributed by atoms with Gasteiger partial charge in [0.15, 0.2) is 5.76 Å². The van der Waals surface area contributed by atoms with Crippen molar-refractivity contribution < 1.29 is 9.21 Å². The summed E-state index contributed by atoms with van der Waals surface area (Å²) in [5.41, 5.74) is 0.804. The van der Waals surface area contributed by atoms with Gasteiger partial charge in [-0.05, 0) is 25.1 Å². The molecule has 0 aliphatic carbocycles. The van der Waals surface area contributed by atoms with Crippen molar-refractivity contribution in [2.24, 2.45) is 0 Å². The topological polar surface area (TPSA) is 69.1 Å². The van der Waals surface area contributed by atoms with E-state index in [4.69, 9.17) is 16.0 Å². The van der Waals surface area contributed by atoms with Gasteiger partial charge in [0, 0.05) is 26.0 Å². The van der Waals surface area contributed by atoms with Crippen LogP contribution in [0.1, 0.15) is 28.9 Å². The fraction of sp³-hybridized carbons (Fsp3) is 0.312. The summed E-state index contributed by atoms with van der Waals surface area (Å²) in [5, 5.41) is 8.85. The van der Waals surface area contributed by atoms with Crippen molar-refractivity contribution in [3.63, 3.8) is 0 Å². The maximum absolute atomic E-state index is 12.5. The van der Waals surface area contributed by atoms with Gasteiger partial charge in [0.1, 0.15) is 5.76 Å². The van der Waals surface area contributed by atoms with Gasteiger partial charge < -0.3 is 9.32 Å². The molecule has 0 unspecified atom stereocenters. The molecule has 1 amide bonds. The second-order valence-corrected chi connectivity index (χ2v) is 5.79. The maximum atomic E-state index is 12.5. The Morgan fingerprint density at radius 3 is 2.92 bits per heavy atom. The van der Waals surface area contributed by atoms with Crippen LogP contribution < -0.4 is 0 Å². The van der Waals surface area contributed by atoms with Crippen molar-refractivity contribution in [3.05, 3.63) is 59.0 Å². The molecular formula is C16H18ClN5O2. The number of hydrogen-bond donors (Lipinski definition) is 0. The molecule has 0 radical (unpaired) electrons. The largest absolute Gasteiger partial charge is 0.454 e. The molecule has 0 saturated carbocycles. The van der Waals surface area contributed by atoms with Crippen LogP contribution in [0, 0.1) is 0 Å². The molecule has 0 aliphatic rings. The number of aromatic nitrogens is 4. The highest BCUT2D eigenvalue weighted by Gasteiger charge is 2.19. The predicted octanol–water partition coefficient (Wildman–Crippen LogP) is 2.67. The Kier molecular flexibility index (Phi) is 4.71. The number of rotatable bonds is 6. The molecular weight excluding hydrogens is 330 g/mol. The van der Waals surface area contributed by atoms with Gasteiger partial charge in [-0.2, -0.15) is 10.2 Å². The van der Waals surface area contributed by atoms with Gasteiger partial charge in [0.2, 0.25) is 0 Å². The minimum absolute atomic E-state index is 0.207. The molecule has 0 bridgehead atoms. The van der Waals surface area contributed by atoms with E-state index in [0.29, 0.717) is 36.2 Å². The third-order valence-corrected chi connectivity index (χ3v) is 4.00. The van der Waals surface area contributed by atoms with E-state index in [1.54, 1.807) is 45.8 Å². The Hall–Kier alpha value is -2.54. The lowest BCUT2D eigenvalue weighted by molar-refractivity contribution is 0.0747. The molecule has 0 fully saturated rings. The van der Waals surface area contributed by atoms with E-state index in [1.165, 1.54) is 0 Å². The lowest BCUT2D eigenvalue weighted by Gasteiger charge is -2.16. The van der Waals surface area contributed by atoms with E-state index < -0.39 is 0 Å². The van der Waals surface area contributed by atoms with Crippen molar-refractivity contribution >= 4 is 17.5 Å². The quantitative estimate of drug-likeness (QED) is 0.687. The van der Waals surface area contributed by atoms with E-state index in [1.807, 2.05) is 19.2 Å². The molecule has 0 saturated heterocycles. The molecule has 3 heterocycles. The van der Waals surface area contributed by atoms with Crippen LogP contribution >= 0.6 is 11.6 Å². The Bertz CT molecular complexity index is 822. The fourth-order valence-electron chi connectivity index (χ4n) is 2.43. The SMILES string of the molecule is CCn1ncc(Cl)c1CN(C)C(=O)c1ccc(Cn2cccn2)o1. The summed E-state index contributed by atoms with van der Waals surface area (Å²) in [7, 11) is 1.71. The summed E-state index contributed by atoms with van der Waals surface area (Å²) in [6.45, 7) is 3.51. The first-order chi connectivity index (χ1) is 11.6.